The van der Waals surface area contributed by atoms with Gasteiger partial charge in [-0.15, -0.1) is 0 Å². The molecule has 3 rings (SSSR count). The van der Waals surface area contributed by atoms with Gasteiger partial charge in [0.25, 0.3) is 0 Å². The highest BCUT2D eigenvalue weighted by Gasteiger charge is 2.25. The molecule has 1 aromatic carbocycles. The van der Waals surface area contributed by atoms with Crippen LogP contribution in [-0.2, 0) is 0 Å². The van der Waals surface area contributed by atoms with Gasteiger partial charge in [-0.25, -0.2) is 9.78 Å². The zero-order valence-corrected chi connectivity index (χ0v) is 16.9. The van der Waals surface area contributed by atoms with Gasteiger partial charge in [0, 0.05) is 32.1 Å². The molecule has 144 valence electrons. The van der Waals surface area contributed by atoms with Crippen molar-refractivity contribution in [2.45, 2.75) is 18.9 Å². The van der Waals surface area contributed by atoms with E-state index in [-0.39, 0.29) is 12.1 Å². The third-order valence-corrected chi connectivity index (χ3v) is 4.98. The molecule has 1 aliphatic heterocycles. The molecule has 7 nitrogen and oxygen atoms in total. The zero-order valence-electron chi connectivity index (χ0n) is 15.3. The number of hydrogen-bond acceptors (Lipinski definition) is 5. The van der Waals surface area contributed by atoms with Gasteiger partial charge < -0.3 is 24.4 Å². The lowest BCUT2D eigenvalue weighted by Crippen LogP contribution is -2.43. The predicted octanol–water partition coefficient (Wildman–Crippen LogP) is 3.94. The van der Waals surface area contributed by atoms with Crippen molar-refractivity contribution in [3.05, 3.63) is 41.0 Å². The summed E-state index contributed by atoms with van der Waals surface area (Å²) >= 11 is 3.44. The number of halogens is 1. The fraction of sp³-hybridized carbons (Fsp3) is 0.368. The highest BCUT2D eigenvalue weighted by Crippen LogP contribution is 2.35. The number of nitrogens with zero attached hydrogens (tertiary/aromatic N) is 2. The lowest BCUT2D eigenvalue weighted by Gasteiger charge is -2.32. The average Bonchev–Trinajstić information content (AvgIpc) is 2.70. The number of benzene rings is 1. The molecule has 27 heavy (non-hydrogen) atoms. The van der Waals surface area contributed by atoms with Gasteiger partial charge in [0.1, 0.15) is 6.10 Å². The van der Waals surface area contributed by atoms with Crippen molar-refractivity contribution < 1.29 is 19.0 Å². The standard InChI is InChI=1S/C19H22BrN3O4/c1-25-16-7-3-6-15(17(16)26-2)22-19(24)23-11-8-13(9-12-23)27-18-14(20)5-4-10-21-18/h3-7,10,13H,8-9,11-12H2,1-2H3,(H,22,24). The number of hydrogen-bond donors (Lipinski definition) is 1. The number of methoxy groups -OCH3 is 2. The van der Waals surface area contributed by atoms with E-state index in [0.717, 1.165) is 17.3 Å². The minimum atomic E-state index is -0.168. The second-order valence-electron chi connectivity index (χ2n) is 6.07. The number of rotatable bonds is 5. The van der Waals surface area contributed by atoms with Crippen molar-refractivity contribution >= 4 is 27.6 Å². The lowest BCUT2D eigenvalue weighted by molar-refractivity contribution is 0.111. The fourth-order valence-electron chi connectivity index (χ4n) is 2.97. The highest BCUT2D eigenvalue weighted by atomic mass is 79.9. The van der Waals surface area contributed by atoms with Crippen molar-refractivity contribution in [1.82, 2.24) is 9.88 Å². The topological polar surface area (TPSA) is 72.9 Å². The number of para-hydroxylation sites is 1. The van der Waals surface area contributed by atoms with Crippen molar-refractivity contribution in [1.29, 1.82) is 0 Å². The summed E-state index contributed by atoms with van der Waals surface area (Å²) in [6.07, 6.45) is 3.22. The van der Waals surface area contributed by atoms with E-state index in [4.69, 9.17) is 14.2 Å². The number of carbonyl (C=O) groups is 1. The van der Waals surface area contributed by atoms with E-state index in [2.05, 4.69) is 26.2 Å². The molecule has 0 saturated carbocycles. The lowest BCUT2D eigenvalue weighted by atomic mass is 10.1. The molecular formula is C19H22BrN3O4. The summed E-state index contributed by atoms with van der Waals surface area (Å²) in [7, 11) is 3.11. The van der Waals surface area contributed by atoms with Gasteiger partial charge in [0.15, 0.2) is 11.5 Å². The quantitative estimate of drug-likeness (QED) is 0.769. The first-order valence-electron chi connectivity index (χ1n) is 8.66. The molecule has 0 radical (unpaired) electrons. The number of aromatic nitrogens is 1. The second kappa shape index (κ2) is 8.94. The minimum Gasteiger partial charge on any atom is -0.493 e. The Hall–Kier alpha value is -2.48. The third kappa shape index (κ3) is 4.63. The van der Waals surface area contributed by atoms with Crippen molar-refractivity contribution in [3.8, 4) is 17.4 Å². The molecule has 8 heteroatoms. The largest absolute Gasteiger partial charge is 0.493 e. The Bertz CT molecular complexity index is 794. The summed E-state index contributed by atoms with van der Waals surface area (Å²) in [6.45, 7) is 1.21. The smallest absolute Gasteiger partial charge is 0.321 e. The summed E-state index contributed by atoms with van der Waals surface area (Å²) in [5.41, 5.74) is 0.581. The van der Waals surface area contributed by atoms with E-state index in [0.29, 0.717) is 36.2 Å². The van der Waals surface area contributed by atoms with Gasteiger partial charge in [0.05, 0.1) is 24.4 Å². The van der Waals surface area contributed by atoms with Gasteiger partial charge in [-0.05, 0) is 40.2 Å². The van der Waals surface area contributed by atoms with Crippen LogP contribution in [0.1, 0.15) is 12.8 Å². The number of anilines is 1. The number of amides is 2. The maximum absolute atomic E-state index is 12.6. The molecule has 1 aromatic heterocycles. The minimum absolute atomic E-state index is 0.0339. The van der Waals surface area contributed by atoms with Crippen molar-refractivity contribution in [3.63, 3.8) is 0 Å². The number of pyridine rings is 1. The predicted molar refractivity (Wildman–Crippen MR) is 106 cm³/mol. The van der Waals surface area contributed by atoms with Crippen LogP contribution in [0.2, 0.25) is 0 Å². The van der Waals surface area contributed by atoms with Crippen LogP contribution >= 0.6 is 15.9 Å². The summed E-state index contributed by atoms with van der Waals surface area (Å²) in [4.78, 5) is 18.6. The monoisotopic (exact) mass is 435 g/mol. The Balaban J connectivity index is 1.57. The van der Waals surface area contributed by atoms with Crippen LogP contribution in [0.5, 0.6) is 17.4 Å². The van der Waals surface area contributed by atoms with Crippen molar-refractivity contribution in [2.24, 2.45) is 0 Å². The van der Waals surface area contributed by atoms with E-state index >= 15 is 0 Å². The molecule has 2 aromatic rings. The fourth-order valence-corrected chi connectivity index (χ4v) is 3.32. The molecule has 0 unspecified atom stereocenters. The van der Waals surface area contributed by atoms with Crippen LogP contribution in [0.3, 0.4) is 0 Å². The molecule has 0 bridgehead atoms. The zero-order chi connectivity index (χ0) is 19.2. The molecule has 0 spiro atoms. The normalized spacial score (nSPS) is 14.6. The number of ether oxygens (including phenoxy) is 3. The maximum Gasteiger partial charge on any atom is 0.321 e. The summed E-state index contributed by atoms with van der Waals surface area (Å²) < 4.78 is 17.4. The number of piperidine rings is 1. The van der Waals surface area contributed by atoms with Gasteiger partial charge >= 0.3 is 6.03 Å². The van der Waals surface area contributed by atoms with Crippen LogP contribution in [0.25, 0.3) is 0 Å². The first-order valence-corrected chi connectivity index (χ1v) is 9.45. The van der Waals surface area contributed by atoms with Crippen molar-refractivity contribution in [2.75, 3.05) is 32.6 Å². The summed E-state index contributed by atoms with van der Waals surface area (Å²) in [5.74, 6) is 1.66. The van der Waals surface area contributed by atoms with E-state index < -0.39 is 0 Å². The number of carbonyl (C=O) groups excluding carboxylic acids is 1. The van der Waals surface area contributed by atoms with Crippen LogP contribution in [0, 0.1) is 0 Å². The Kier molecular flexibility index (Phi) is 6.39. The summed E-state index contributed by atoms with van der Waals surface area (Å²) in [6, 6.07) is 8.95. The first kappa shape index (κ1) is 19.3. The summed E-state index contributed by atoms with van der Waals surface area (Å²) in [5, 5.41) is 2.90. The number of urea groups is 1. The van der Waals surface area contributed by atoms with Crippen LogP contribution in [0.15, 0.2) is 41.0 Å². The van der Waals surface area contributed by atoms with E-state index in [9.17, 15) is 4.79 Å². The van der Waals surface area contributed by atoms with Crippen LogP contribution < -0.4 is 19.5 Å². The molecular weight excluding hydrogens is 414 g/mol. The molecule has 1 aliphatic rings. The maximum atomic E-state index is 12.6. The Morgan fingerprint density at radius 2 is 1.96 bits per heavy atom. The van der Waals surface area contributed by atoms with Gasteiger partial charge in [-0.3, -0.25) is 0 Å². The van der Waals surface area contributed by atoms with E-state index in [1.807, 2.05) is 18.2 Å². The molecule has 2 amide bonds. The first-order chi connectivity index (χ1) is 13.1. The molecule has 1 saturated heterocycles. The number of nitrogens with one attached hydrogen (secondary N) is 1. The Labute approximate surface area is 166 Å². The van der Waals surface area contributed by atoms with Crippen LogP contribution in [0.4, 0.5) is 10.5 Å². The van der Waals surface area contributed by atoms with Gasteiger partial charge in [-0.1, -0.05) is 6.07 Å². The number of likely N-dealkylation sites (tertiary alicyclic amines) is 1. The highest BCUT2D eigenvalue weighted by molar-refractivity contribution is 9.10. The molecule has 1 fully saturated rings. The molecule has 0 aliphatic carbocycles. The molecule has 2 heterocycles. The average molecular weight is 436 g/mol. The van der Waals surface area contributed by atoms with Gasteiger partial charge in [-0.2, -0.15) is 0 Å². The SMILES string of the molecule is COc1cccc(NC(=O)N2CCC(Oc3ncccc3Br)CC2)c1OC. The van der Waals surface area contributed by atoms with Gasteiger partial charge in [0.2, 0.25) is 5.88 Å². The van der Waals surface area contributed by atoms with E-state index in [1.54, 1.807) is 37.4 Å². The van der Waals surface area contributed by atoms with Crippen LogP contribution in [-0.4, -0.2) is 49.3 Å². The Morgan fingerprint density at radius 3 is 2.63 bits per heavy atom. The van der Waals surface area contributed by atoms with E-state index in [1.165, 1.54) is 0 Å². The molecule has 1 N–H and O–H groups in total. The second-order valence-corrected chi connectivity index (χ2v) is 6.92. The molecule has 0 atom stereocenters. The third-order valence-electron chi connectivity index (χ3n) is 4.38. The Morgan fingerprint density at radius 1 is 1.19 bits per heavy atom.